The minimum absolute atomic E-state index is 0. The first-order valence-corrected chi connectivity index (χ1v) is 9.00. The molecule has 0 radical (unpaired) electrons. The van der Waals surface area contributed by atoms with Crippen molar-refractivity contribution in [2.75, 3.05) is 0 Å². The quantitative estimate of drug-likeness (QED) is 0.410. The van der Waals surface area contributed by atoms with Crippen molar-refractivity contribution in [2.24, 2.45) is 0 Å². The first kappa shape index (κ1) is 21.9. The molecule has 0 saturated carbocycles. The van der Waals surface area contributed by atoms with Crippen LogP contribution in [0.4, 0.5) is 0 Å². The number of fused-ring (bicyclic) bond motifs is 1. The summed E-state index contributed by atoms with van der Waals surface area (Å²) >= 11 is 0. The highest BCUT2D eigenvalue weighted by Crippen LogP contribution is 2.28. The van der Waals surface area contributed by atoms with Gasteiger partial charge in [0.2, 0.25) is 0 Å². The Labute approximate surface area is 160 Å². The van der Waals surface area contributed by atoms with Crippen molar-refractivity contribution in [3.8, 4) is 0 Å². The molecule has 2 aromatic carbocycles. The van der Waals surface area contributed by atoms with E-state index in [4.69, 9.17) is 0 Å². The van der Waals surface area contributed by atoms with E-state index in [1.165, 1.54) is 22.1 Å². The molecule has 0 spiro atoms. The molecule has 26 heavy (non-hydrogen) atoms. The summed E-state index contributed by atoms with van der Waals surface area (Å²) in [5, 5.41) is 1.22. The normalized spacial score (nSPS) is 11.3. The van der Waals surface area contributed by atoms with Crippen LogP contribution in [0.2, 0.25) is 0 Å². The number of hydrogen-bond acceptors (Lipinski definition) is 1. The van der Waals surface area contributed by atoms with E-state index in [1.807, 2.05) is 12.3 Å². The molecule has 1 heterocycles. The van der Waals surface area contributed by atoms with Crippen LogP contribution in [-0.2, 0) is 10.8 Å². The van der Waals surface area contributed by atoms with Crippen LogP contribution in [0.3, 0.4) is 0 Å². The van der Waals surface area contributed by atoms with E-state index in [-0.39, 0.29) is 18.3 Å². The third-order valence-corrected chi connectivity index (χ3v) is 4.32. The lowest BCUT2D eigenvalue weighted by Crippen LogP contribution is -2.11. The third-order valence-electron chi connectivity index (χ3n) is 4.32. The van der Waals surface area contributed by atoms with E-state index in [9.17, 15) is 0 Å². The maximum Gasteiger partial charge on any atom is 0.0739 e. The van der Waals surface area contributed by atoms with E-state index in [0.717, 1.165) is 5.52 Å². The van der Waals surface area contributed by atoms with Crippen LogP contribution in [-0.4, -0.2) is 4.98 Å². The highest BCUT2D eigenvalue weighted by Gasteiger charge is 2.16. The van der Waals surface area contributed by atoms with Gasteiger partial charge in [0, 0.05) is 11.6 Å². The van der Waals surface area contributed by atoms with Gasteiger partial charge in [-0.3, -0.25) is 4.98 Å². The molecule has 0 atom stereocenters. The van der Waals surface area contributed by atoms with Crippen molar-refractivity contribution in [1.29, 1.82) is 0 Å². The Morgan fingerprint density at radius 3 is 1.88 bits per heavy atom. The fraction of sp³-hybridized carbons (Fsp3) is 0.400. The lowest BCUT2D eigenvalue weighted by molar-refractivity contribution is 0.590. The van der Waals surface area contributed by atoms with Crippen molar-refractivity contribution < 1.29 is 0 Å². The van der Waals surface area contributed by atoms with Gasteiger partial charge in [-0.05, 0) is 34.9 Å². The summed E-state index contributed by atoms with van der Waals surface area (Å²) in [6.45, 7) is 15.5. The molecule has 0 N–H and O–H groups in total. The Balaban J connectivity index is 0.000000258. The van der Waals surface area contributed by atoms with Crippen molar-refractivity contribution in [2.45, 2.75) is 66.7 Å². The number of aromatic nitrogens is 1. The molecule has 0 unspecified atom stereocenters. The molecule has 0 saturated heterocycles. The SMILES string of the molecule is C.CC(C)(C)c1cccc2cccnc12.Cc1cccc(C(C)(C)C)c1. The van der Waals surface area contributed by atoms with E-state index < -0.39 is 0 Å². The van der Waals surface area contributed by atoms with Gasteiger partial charge in [0.05, 0.1) is 5.52 Å². The molecule has 0 aliphatic rings. The lowest BCUT2D eigenvalue weighted by Gasteiger charge is -2.20. The predicted molar refractivity (Wildman–Crippen MR) is 117 cm³/mol. The molecule has 0 aliphatic carbocycles. The summed E-state index contributed by atoms with van der Waals surface area (Å²) in [6, 6.07) is 19.2. The van der Waals surface area contributed by atoms with Crippen LogP contribution < -0.4 is 0 Å². The first-order valence-electron chi connectivity index (χ1n) is 9.00. The van der Waals surface area contributed by atoms with Gasteiger partial charge in [-0.2, -0.15) is 0 Å². The standard InChI is InChI=1S/C13H15N.C11H16.CH4/c1-13(2,3)11-8-4-6-10-7-5-9-14-12(10)11;1-9-6-5-7-10(8-9)11(2,3)4;/h4-9H,1-3H3;5-8H,1-4H3;1H4. The zero-order chi connectivity index (χ0) is 18.7. The largest absolute Gasteiger partial charge is 0.256 e. The summed E-state index contributed by atoms with van der Waals surface area (Å²) in [5.74, 6) is 0. The van der Waals surface area contributed by atoms with Crippen molar-refractivity contribution in [1.82, 2.24) is 4.98 Å². The third kappa shape index (κ3) is 5.69. The molecule has 3 aromatic rings. The molecule has 0 aliphatic heterocycles. The highest BCUT2D eigenvalue weighted by atomic mass is 14.7. The van der Waals surface area contributed by atoms with Crippen molar-refractivity contribution in [3.05, 3.63) is 77.5 Å². The topological polar surface area (TPSA) is 12.9 Å². The fourth-order valence-corrected chi connectivity index (χ4v) is 2.82. The van der Waals surface area contributed by atoms with Gasteiger partial charge >= 0.3 is 0 Å². The molecule has 1 nitrogen and oxygen atoms in total. The van der Waals surface area contributed by atoms with Crippen LogP contribution in [0.25, 0.3) is 10.9 Å². The molecular weight excluding hydrogens is 314 g/mol. The van der Waals surface area contributed by atoms with Gasteiger partial charge in [0.15, 0.2) is 0 Å². The minimum Gasteiger partial charge on any atom is -0.256 e. The number of pyridine rings is 1. The van der Waals surface area contributed by atoms with Crippen LogP contribution in [0, 0.1) is 6.92 Å². The zero-order valence-electron chi connectivity index (χ0n) is 16.7. The summed E-state index contributed by atoms with van der Waals surface area (Å²) in [7, 11) is 0. The first-order chi connectivity index (χ1) is 11.6. The number of aryl methyl sites for hydroxylation is 1. The Hall–Kier alpha value is -2.15. The molecule has 140 valence electrons. The number of benzene rings is 2. The Bertz CT molecular complexity index is 827. The molecule has 0 bridgehead atoms. The maximum absolute atomic E-state index is 4.45. The second kappa shape index (κ2) is 8.49. The van der Waals surface area contributed by atoms with Crippen LogP contribution in [0.5, 0.6) is 0 Å². The van der Waals surface area contributed by atoms with Crippen molar-refractivity contribution in [3.63, 3.8) is 0 Å². The minimum atomic E-state index is 0. The number of para-hydroxylation sites is 1. The van der Waals surface area contributed by atoms with Crippen LogP contribution in [0.1, 0.15) is 65.7 Å². The van der Waals surface area contributed by atoms with E-state index in [0.29, 0.717) is 0 Å². The van der Waals surface area contributed by atoms with Gasteiger partial charge in [-0.1, -0.05) is 103 Å². The number of hydrogen-bond donors (Lipinski definition) is 0. The zero-order valence-corrected chi connectivity index (χ0v) is 16.7. The number of rotatable bonds is 0. The maximum atomic E-state index is 4.45. The Morgan fingerprint density at radius 1 is 0.731 bits per heavy atom. The molecule has 1 aromatic heterocycles. The average molecular weight is 350 g/mol. The summed E-state index contributed by atoms with van der Waals surface area (Å²) < 4.78 is 0. The second-order valence-electron chi connectivity index (χ2n) is 8.75. The highest BCUT2D eigenvalue weighted by molar-refractivity contribution is 5.82. The molecule has 0 amide bonds. The van der Waals surface area contributed by atoms with Gasteiger partial charge < -0.3 is 0 Å². The van der Waals surface area contributed by atoms with Gasteiger partial charge in [-0.25, -0.2) is 0 Å². The molecular formula is C25H35N. The smallest absolute Gasteiger partial charge is 0.0739 e. The van der Waals surface area contributed by atoms with E-state index in [1.54, 1.807) is 0 Å². The monoisotopic (exact) mass is 349 g/mol. The van der Waals surface area contributed by atoms with E-state index in [2.05, 4.69) is 102 Å². The summed E-state index contributed by atoms with van der Waals surface area (Å²) in [4.78, 5) is 4.45. The van der Waals surface area contributed by atoms with Gasteiger partial charge in [0.1, 0.15) is 0 Å². The lowest BCUT2D eigenvalue weighted by atomic mass is 9.85. The van der Waals surface area contributed by atoms with E-state index >= 15 is 0 Å². The molecule has 1 heteroatoms. The second-order valence-corrected chi connectivity index (χ2v) is 8.75. The van der Waals surface area contributed by atoms with Crippen LogP contribution >= 0.6 is 0 Å². The number of nitrogens with zero attached hydrogens (tertiary/aromatic N) is 1. The van der Waals surface area contributed by atoms with Crippen molar-refractivity contribution >= 4 is 10.9 Å². The average Bonchev–Trinajstić information content (AvgIpc) is 2.53. The molecule has 3 rings (SSSR count). The van der Waals surface area contributed by atoms with Crippen LogP contribution in [0.15, 0.2) is 60.8 Å². The fourth-order valence-electron chi connectivity index (χ4n) is 2.82. The Morgan fingerprint density at radius 2 is 1.35 bits per heavy atom. The summed E-state index contributed by atoms with van der Waals surface area (Å²) in [5.41, 5.74) is 5.65. The van der Waals surface area contributed by atoms with Gasteiger partial charge in [0.25, 0.3) is 0 Å². The van der Waals surface area contributed by atoms with Gasteiger partial charge in [-0.15, -0.1) is 0 Å². The summed E-state index contributed by atoms with van der Waals surface area (Å²) in [6.07, 6.45) is 1.86. The molecule has 0 fully saturated rings. The predicted octanol–water partition coefficient (Wildman–Crippen LogP) is 7.46. The Kier molecular flexibility index (Phi) is 7.15.